The first kappa shape index (κ1) is 15.1. The van der Waals surface area contributed by atoms with Crippen LogP contribution in [0.2, 0.25) is 0 Å². The van der Waals surface area contributed by atoms with Crippen molar-refractivity contribution in [2.45, 2.75) is 46.6 Å². The largest absolute Gasteiger partial charge is 0.308 e. The molecule has 20 heavy (non-hydrogen) atoms. The van der Waals surface area contributed by atoms with E-state index in [9.17, 15) is 0 Å². The Labute approximate surface area is 125 Å². The van der Waals surface area contributed by atoms with Gasteiger partial charge < -0.3 is 5.32 Å². The van der Waals surface area contributed by atoms with Gasteiger partial charge in [0.25, 0.3) is 0 Å². The fourth-order valence-corrected chi connectivity index (χ4v) is 3.23. The second kappa shape index (κ2) is 6.95. The fraction of sp³-hybridized carbons (Fsp3) is 0.500. The van der Waals surface area contributed by atoms with Crippen LogP contribution < -0.4 is 5.32 Å². The van der Waals surface area contributed by atoms with E-state index in [0.29, 0.717) is 0 Å². The molecule has 0 radical (unpaired) electrons. The SMILES string of the molecule is CCCNC(Cc1nc(C)c(C)s1)c1ncccc1C. The Hall–Kier alpha value is -1.26. The highest BCUT2D eigenvalue weighted by atomic mass is 32.1. The first-order valence-corrected chi connectivity index (χ1v) is 8.01. The van der Waals surface area contributed by atoms with E-state index in [2.05, 4.69) is 49.0 Å². The van der Waals surface area contributed by atoms with Gasteiger partial charge in [-0.1, -0.05) is 13.0 Å². The second-order valence-corrected chi connectivity index (χ2v) is 6.45. The topological polar surface area (TPSA) is 37.8 Å². The molecule has 0 fully saturated rings. The maximum absolute atomic E-state index is 4.66. The minimum Gasteiger partial charge on any atom is -0.308 e. The van der Waals surface area contributed by atoms with Crippen molar-refractivity contribution in [2.75, 3.05) is 6.54 Å². The zero-order chi connectivity index (χ0) is 14.5. The smallest absolute Gasteiger partial charge is 0.0950 e. The van der Waals surface area contributed by atoms with Crippen LogP contribution in [-0.2, 0) is 6.42 Å². The van der Waals surface area contributed by atoms with Crippen molar-refractivity contribution < 1.29 is 0 Å². The van der Waals surface area contributed by atoms with Gasteiger partial charge >= 0.3 is 0 Å². The minimum absolute atomic E-state index is 0.251. The summed E-state index contributed by atoms with van der Waals surface area (Å²) in [5.74, 6) is 0. The molecule has 0 amide bonds. The van der Waals surface area contributed by atoms with E-state index in [1.165, 1.54) is 15.4 Å². The summed E-state index contributed by atoms with van der Waals surface area (Å²) in [6.07, 6.45) is 3.91. The van der Waals surface area contributed by atoms with Crippen LogP contribution in [0.1, 0.15) is 46.2 Å². The normalized spacial score (nSPS) is 12.6. The molecule has 2 aromatic rings. The summed E-state index contributed by atoms with van der Waals surface area (Å²) in [6, 6.07) is 4.37. The molecule has 0 saturated heterocycles. The van der Waals surface area contributed by atoms with Gasteiger partial charge in [0, 0.05) is 17.5 Å². The predicted octanol–water partition coefficient (Wildman–Crippen LogP) is 3.75. The van der Waals surface area contributed by atoms with Crippen molar-refractivity contribution in [3.8, 4) is 0 Å². The number of pyridine rings is 1. The van der Waals surface area contributed by atoms with Crippen LogP contribution in [-0.4, -0.2) is 16.5 Å². The maximum atomic E-state index is 4.66. The van der Waals surface area contributed by atoms with E-state index < -0.39 is 0 Å². The van der Waals surface area contributed by atoms with Gasteiger partial charge in [-0.05, 0) is 45.4 Å². The summed E-state index contributed by atoms with van der Waals surface area (Å²) in [6.45, 7) is 9.53. The van der Waals surface area contributed by atoms with Crippen LogP contribution in [0.25, 0.3) is 0 Å². The minimum atomic E-state index is 0.251. The van der Waals surface area contributed by atoms with E-state index in [4.69, 9.17) is 0 Å². The summed E-state index contributed by atoms with van der Waals surface area (Å²) >= 11 is 1.80. The Morgan fingerprint density at radius 1 is 1.30 bits per heavy atom. The lowest BCUT2D eigenvalue weighted by Gasteiger charge is -2.18. The molecule has 0 aliphatic heterocycles. The molecule has 0 bridgehead atoms. The highest BCUT2D eigenvalue weighted by molar-refractivity contribution is 7.11. The van der Waals surface area contributed by atoms with Crippen molar-refractivity contribution in [1.29, 1.82) is 0 Å². The lowest BCUT2D eigenvalue weighted by Crippen LogP contribution is -2.25. The monoisotopic (exact) mass is 289 g/mol. The second-order valence-electron chi connectivity index (χ2n) is 5.17. The van der Waals surface area contributed by atoms with Crippen molar-refractivity contribution >= 4 is 11.3 Å². The van der Waals surface area contributed by atoms with Crippen LogP contribution in [0, 0.1) is 20.8 Å². The molecule has 0 spiro atoms. The van der Waals surface area contributed by atoms with Crippen LogP contribution in [0.5, 0.6) is 0 Å². The first-order valence-electron chi connectivity index (χ1n) is 7.19. The summed E-state index contributed by atoms with van der Waals surface area (Å²) in [5, 5.41) is 4.80. The van der Waals surface area contributed by atoms with E-state index in [1.807, 2.05) is 12.3 Å². The molecule has 0 saturated carbocycles. The fourth-order valence-electron chi connectivity index (χ4n) is 2.25. The average Bonchev–Trinajstić information content (AvgIpc) is 2.74. The highest BCUT2D eigenvalue weighted by Crippen LogP contribution is 2.24. The Morgan fingerprint density at radius 2 is 2.10 bits per heavy atom. The highest BCUT2D eigenvalue weighted by Gasteiger charge is 2.17. The number of nitrogens with zero attached hydrogens (tertiary/aromatic N) is 2. The average molecular weight is 289 g/mol. The van der Waals surface area contributed by atoms with Crippen LogP contribution >= 0.6 is 11.3 Å². The van der Waals surface area contributed by atoms with E-state index in [1.54, 1.807) is 11.3 Å². The standard InChI is InChI=1S/C16H23N3S/c1-5-8-17-14(16-11(2)7-6-9-18-16)10-15-19-12(3)13(4)20-15/h6-7,9,14,17H,5,8,10H2,1-4H3. The molecular weight excluding hydrogens is 266 g/mol. The molecule has 3 nitrogen and oxygen atoms in total. The Bertz CT molecular complexity index is 543. The summed E-state index contributed by atoms with van der Waals surface area (Å²) in [4.78, 5) is 10.5. The van der Waals surface area contributed by atoms with E-state index >= 15 is 0 Å². The third-order valence-electron chi connectivity index (χ3n) is 3.47. The van der Waals surface area contributed by atoms with Crippen molar-refractivity contribution in [1.82, 2.24) is 15.3 Å². The van der Waals surface area contributed by atoms with Crippen LogP contribution in [0.4, 0.5) is 0 Å². The van der Waals surface area contributed by atoms with Crippen LogP contribution in [0.15, 0.2) is 18.3 Å². The number of thiazole rings is 1. The number of hydrogen-bond donors (Lipinski definition) is 1. The van der Waals surface area contributed by atoms with Gasteiger partial charge in [-0.2, -0.15) is 0 Å². The number of aryl methyl sites for hydroxylation is 3. The number of rotatable bonds is 6. The molecule has 0 aromatic carbocycles. The third kappa shape index (κ3) is 3.64. The quantitative estimate of drug-likeness (QED) is 0.880. The van der Waals surface area contributed by atoms with Gasteiger partial charge in [-0.3, -0.25) is 4.98 Å². The molecule has 2 heterocycles. The number of hydrogen-bond acceptors (Lipinski definition) is 4. The molecule has 1 N–H and O–H groups in total. The summed E-state index contributed by atoms with van der Waals surface area (Å²) in [5.41, 5.74) is 3.54. The van der Waals surface area contributed by atoms with Crippen molar-refractivity contribution in [3.63, 3.8) is 0 Å². The molecule has 2 aromatic heterocycles. The van der Waals surface area contributed by atoms with Gasteiger partial charge in [0.2, 0.25) is 0 Å². The lowest BCUT2D eigenvalue weighted by molar-refractivity contribution is 0.514. The van der Waals surface area contributed by atoms with Crippen molar-refractivity contribution in [2.24, 2.45) is 0 Å². The van der Waals surface area contributed by atoms with Gasteiger partial charge in [0.15, 0.2) is 0 Å². The van der Waals surface area contributed by atoms with Crippen LogP contribution in [0.3, 0.4) is 0 Å². The molecule has 1 atom stereocenters. The summed E-state index contributed by atoms with van der Waals surface area (Å²) < 4.78 is 0. The zero-order valence-electron chi connectivity index (χ0n) is 12.7. The molecule has 1 unspecified atom stereocenters. The van der Waals surface area contributed by atoms with Gasteiger partial charge in [-0.25, -0.2) is 4.98 Å². The van der Waals surface area contributed by atoms with E-state index in [-0.39, 0.29) is 6.04 Å². The molecular formula is C16H23N3S. The molecule has 0 aliphatic carbocycles. The maximum Gasteiger partial charge on any atom is 0.0950 e. The van der Waals surface area contributed by atoms with Gasteiger partial charge in [0.1, 0.15) is 0 Å². The summed E-state index contributed by atoms with van der Waals surface area (Å²) in [7, 11) is 0. The Morgan fingerprint density at radius 3 is 2.70 bits per heavy atom. The zero-order valence-corrected chi connectivity index (χ0v) is 13.5. The molecule has 4 heteroatoms. The third-order valence-corrected chi connectivity index (χ3v) is 4.57. The van der Waals surface area contributed by atoms with Crippen molar-refractivity contribution in [3.05, 3.63) is 45.2 Å². The molecule has 0 aliphatic rings. The Kier molecular flexibility index (Phi) is 5.26. The molecule has 108 valence electrons. The molecule has 2 rings (SSSR count). The number of nitrogens with one attached hydrogen (secondary N) is 1. The predicted molar refractivity (Wildman–Crippen MR) is 85.3 cm³/mol. The first-order chi connectivity index (χ1) is 9.61. The van der Waals surface area contributed by atoms with Gasteiger partial charge in [0.05, 0.1) is 22.4 Å². The Balaban J connectivity index is 2.21. The van der Waals surface area contributed by atoms with Gasteiger partial charge in [-0.15, -0.1) is 11.3 Å². The van der Waals surface area contributed by atoms with E-state index in [0.717, 1.165) is 30.8 Å². The lowest BCUT2D eigenvalue weighted by atomic mass is 10.1. The number of aromatic nitrogens is 2.